The third-order valence-electron chi connectivity index (χ3n) is 4.93. The van der Waals surface area contributed by atoms with Crippen LogP contribution in [0, 0.1) is 6.92 Å². The van der Waals surface area contributed by atoms with Gasteiger partial charge in [-0.2, -0.15) is 5.10 Å². The predicted octanol–water partition coefficient (Wildman–Crippen LogP) is 1.64. The number of carbonyl (C=O) groups excluding carboxylic acids is 2. The van der Waals surface area contributed by atoms with E-state index in [0.717, 1.165) is 16.8 Å². The molecule has 154 valence electrons. The van der Waals surface area contributed by atoms with Gasteiger partial charge in [0.05, 0.1) is 30.0 Å². The first kappa shape index (κ1) is 19.6. The molecule has 8 nitrogen and oxygen atoms in total. The predicted molar refractivity (Wildman–Crippen MR) is 110 cm³/mol. The number of nitrogens with zero attached hydrogens (tertiary/aromatic N) is 3. The van der Waals surface area contributed by atoms with E-state index in [1.807, 2.05) is 43.3 Å². The fourth-order valence-electron chi connectivity index (χ4n) is 3.48. The highest BCUT2D eigenvalue weighted by molar-refractivity contribution is 5.95. The van der Waals surface area contributed by atoms with Gasteiger partial charge in [-0.15, -0.1) is 0 Å². The highest BCUT2D eigenvalue weighted by Gasteiger charge is 2.28. The van der Waals surface area contributed by atoms with E-state index in [9.17, 15) is 9.59 Å². The summed E-state index contributed by atoms with van der Waals surface area (Å²) in [6.07, 6.45) is 5.53. The summed E-state index contributed by atoms with van der Waals surface area (Å²) in [5.74, 6) is 0.279. The van der Waals surface area contributed by atoms with E-state index in [4.69, 9.17) is 4.74 Å². The molecular formula is C22H23N5O3. The Morgan fingerprint density at radius 2 is 2.13 bits per heavy atom. The van der Waals surface area contributed by atoms with Crippen molar-refractivity contribution in [1.82, 2.24) is 25.4 Å². The molecule has 3 heterocycles. The summed E-state index contributed by atoms with van der Waals surface area (Å²) in [5, 5.41) is 10.1. The molecule has 0 fully saturated rings. The first-order chi connectivity index (χ1) is 14.6. The Kier molecular flexibility index (Phi) is 5.74. The minimum Gasteiger partial charge on any atom is -0.484 e. The van der Waals surface area contributed by atoms with Gasteiger partial charge in [-0.05, 0) is 36.2 Å². The van der Waals surface area contributed by atoms with Crippen LogP contribution in [0.4, 0.5) is 0 Å². The van der Waals surface area contributed by atoms with Crippen LogP contribution in [0.2, 0.25) is 0 Å². The summed E-state index contributed by atoms with van der Waals surface area (Å²) < 4.78 is 7.32. The average Bonchev–Trinajstić information content (AvgIpc) is 3.31. The molecule has 4 rings (SSSR count). The van der Waals surface area contributed by atoms with Crippen LogP contribution in [0.25, 0.3) is 0 Å². The van der Waals surface area contributed by atoms with Crippen molar-refractivity contribution in [3.63, 3.8) is 0 Å². The molecule has 2 N–H and O–H groups in total. The molecule has 0 unspecified atom stereocenters. The van der Waals surface area contributed by atoms with Gasteiger partial charge in [0.1, 0.15) is 5.75 Å². The van der Waals surface area contributed by atoms with E-state index < -0.39 is 0 Å². The van der Waals surface area contributed by atoms with Gasteiger partial charge in [0.15, 0.2) is 6.61 Å². The molecule has 0 aliphatic carbocycles. The van der Waals surface area contributed by atoms with Gasteiger partial charge in [0, 0.05) is 25.4 Å². The van der Waals surface area contributed by atoms with Gasteiger partial charge in [-0.1, -0.05) is 18.2 Å². The van der Waals surface area contributed by atoms with Crippen LogP contribution in [-0.2, 0) is 24.3 Å². The largest absolute Gasteiger partial charge is 0.484 e. The first-order valence-corrected chi connectivity index (χ1v) is 9.79. The van der Waals surface area contributed by atoms with Crippen LogP contribution in [0.1, 0.15) is 27.2 Å². The maximum absolute atomic E-state index is 12.6. The topological polar surface area (TPSA) is 98.1 Å². The van der Waals surface area contributed by atoms with Crippen molar-refractivity contribution in [1.29, 1.82) is 0 Å². The smallest absolute Gasteiger partial charge is 0.258 e. The number of rotatable bonds is 7. The van der Waals surface area contributed by atoms with Crippen molar-refractivity contribution in [2.45, 2.75) is 32.5 Å². The molecule has 0 bridgehead atoms. The van der Waals surface area contributed by atoms with Crippen molar-refractivity contribution in [3.05, 3.63) is 77.4 Å². The standard InChI is InChI=1S/C22H23N5O3/c1-15-4-2-6-18(8-15)30-14-21(28)26-17-9-20-19(12-25-27(20)13-17)22(29)24-11-16-5-3-7-23-10-16/h2-8,10,12,17H,9,11,13-14H2,1H3,(H,24,29)(H,26,28)/t17-/m0/s1. The molecule has 0 radical (unpaired) electrons. The SMILES string of the molecule is Cc1cccc(OCC(=O)N[C@H]2Cc3c(C(=O)NCc4cccnc4)cnn3C2)c1. The van der Waals surface area contributed by atoms with Crippen LogP contribution in [0.3, 0.4) is 0 Å². The molecule has 2 amide bonds. The van der Waals surface area contributed by atoms with Gasteiger partial charge < -0.3 is 15.4 Å². The quantitative estimate of drug-likeness (QED) is 0.623. The number of nitrogens with one attached hydrogen (secondary N) is 2. The first-order valence-electron chi connectivity index (χ1n) is 9.79. The third-order valence-corrected chi connectivity index (χ3v) is 4.93. The fourth-order valence-corrected chi connectivity index (χ4v) is 3.48. The number of carbonyl (C=O) groups is 2. The third kappa shape index (κ3) is 4.65. The molecule has 1 aliphatic rings. The van der Waals surface area contributed by atoms with E-state index in [1.165, 1.54) is 0 Å². The van der Waals surface area contributed by atoms with Gasteiger partial charge in [0.25, 0.3) is 11.8 Å². The van der Waals surface area contributed by atoms with E-state index in [0.29, 0.717) is 30.8 Å². The van der Waals surface area contributed by atoms with E-state index in [-0.39, 0.29) is 24.5 Å². The molecule has 0 spiro atoms. The number of aryl methyl sites for hydroxylation is 1. The second kappa shape index (κ2) is 8.77. The van der Waals surface area contributed by atoms with Crippen LogP contribution in [0.15, 0.2) is 55.0 Å². The number of fused-ring (bicyclic) bond motifs is 1. The summed E-state index contributed by atoms with van der Waals surface area (Å²) in [5.41, 5.74) is 3.35. The minimum atomic E-state index is -0.199. The summed E-state index contributed by atoms with van der Waals surface area (Å²) in [7, 11) is 0. The second-order valence-corrected chi connectivity index (χ2v) is 7.30. The number of aromatic nitrogens is 3. The number of hydrogen-bond acceptors (Lipinski definition) is 5. The number of ether oxygens (including phenoxy) is 1. The molecule has 8 heteroatoms. The van der Waals surface area contributed by atoms with Gasteiger partial charge in [0.2, 0.25) is 0 Å². The van der Waals surface area contributed by atoms with Crippen LogP contribution >= 0.6 is 0 Å². The molecule has 0 saturated carbocycles. The summed E-state index contributed by atoms with van der Waals surface area (Å²) in [4.78, 5) is 28.9. The molecular weight excluding hydrogens is 382 g/mol. The van der Waals surface area contributed by atoms with Crippen molar-refractivity contribution in [2.75, 3.05) is 6.61 Å². The normalized spacial score (nSPS) is 14.8. The molecule has 0 saturated heterocycles. The number of amides is 2. The lowest BCUT2D eigenvalue weighted by atomic mass is 10.1. The Labute approximate surface area is 174 Å². The molecule has 1 aliphatic heterocycles. The van der Waals surface area contributed by atoms with Gasteiger partial charge in [-0.25, -0.2) is 0 Å². The zero-order valence-corrected chi connectivity index (χ0v) is 16.7. The van der Waals surface area contributed by atoms with Crippen LogP contribution < -0.4 is 15.4 Å². The Morgan fingerprint density at radius 3 is 2.93 bits per heavy atom. The van der Waals surface area contributed by atoms with Crippen molar-refractivity contribution in [2.24, 2.45) is 0 Å². The molecule has 2 aromatic heterocycles. The summed E-state index contributed by atoms with van der Waals surface area (Å²) >= 11 is 0. The lowest BCUT2D eigenvalue weighted by molar-refractivity contribution is -0.123. The van der Waals surface area contributed by atoms with E-state index in [2.05, 4.69) is 20.7 Å². The lowest BCUT2D eigenvalue weighted by Crippen LogP contribution is -2.39. The molecule has 1 aromatic carbocycles. The lowest BCUT2D eigenvalue weighted by Gasteiger charge is -2.12. The number of hydrogen-bond donors (Lipinski definition) is 2. The number of benzene rings is 1. The van der Waals surface area contributed by atoms with Crippen molar-refractivity contribution < 1.29 is 14.3 Å². The zero-order chi connectivity index (χ0) is 20.9. The monoisotopic (exact) mass is 405 g/mol. The highest BCUT2D eigenvalue weighted by atomic mass is 16.5. The maximum Gasteiger partial charge on any atom is 0.258 e. The minimum absolute atomic E-state index is 0.0548. The van der Waals surface area contributed by atoms with Crippen LogP contribution in [-0.4, -0.2) is 39.2 Å². The summed E-state index contributed by atoms with van der Waals surface area (Å²) in [6, 6.07) is 11.2. The summed E-state index contributed by atoms with van der Waals surface area (Å²) in [6.45, 7) is 2.84. The van der Waals surface area contributed by atoms with Crippen LogP contribution in [0.5, 0.6) is 5.75 Å². The maximum atomic E-state index is 12.6. The Hall–Kier alpha value is -3.68. The molecule has 1 atom stereocenters. The molecule has 30 heavy (non-hydrogen) atoms. The Bertz CT molecular complexity index is 1050. The van der Waals surface area contributed by atoms with Crippen molar-refractivity contribution in [3.8, 4) is 5.75 Å². The highest BCUT2D eigenvalue weighted by Crippen LogP contribution is 2.19. The zero-order valence-electron chi connectivity index (χ0n) is 16.7. The second-order valence-electron chi connectivity index (χ2n) is 7.30. The Balaban J connectivity index is 1.29. The van der Waals surface area contributed by atoms with Gasteiger partial charge in [-0.3, -0.25) is 19.3 Å². The van der Waals surface area contributed by atoms with Crippen molar-refractivity contribution >= 4 is 11.8 Å². The fraction of sp³-hybridized carbons (Fsp3) is 0.273. The van der Waals surface area contributed by atoms with Gasteiger partial charge >= 0.3 is 0 Å². The van der Waals surface area contributed by atoms with E-state index >= 15 is 0 Å². The Morgan fingerprint density at radius 1 is 1.23 bits per heavy atom. The average molecular weight is 405 g/mol. The molecule has 3 aromatic rings. The van der Waals surface area contributed by atoms with E-state index in [1.54, 1.807) is 23.3 Å². The number of pyridine rings is 1.